The van der Waals surface area contributed by atoms with Crippen molar-refractivity contribution in [2.24, 2.45) is 5.73 Å². The summed E-state index contributed by atoms with van der Waals surface area (Å²) in [7, 11) is 1.56. The van der Waals surface area contributed by atoms with Gasteiger partial charge in [0.1, 0.15) is 11.6 Å². The van der Waals surface area contributed by atoms with E-state index in [-0.39, 0.29) is 11.9 Å². The molecule has 0 aliphatic rings. The monoisotopic (exact) mass is 323 g/mol. The molecule has 2 rings (SSSR count). The third-order valence-electron chi connectivity index (χ3n) is 2.94. The van der Waals surface area contributed by atoms with Crippen LogP contribution in [0.3, 0.4) is 0 Å². The molecule has 2 aromatic rings. The van der Waals surface area contributed by atoms with Crippen LogP contribution in [0.15, 0.2) is 46.9 Å². The molecule has 0 amide bonds. The van der Waals surface area contributed by atoms with Crippen LogP contribution >= 0.6 is 15.9 Å². The maximum Gasteiger partial charge on any atom is 0.123 e. The molecule has 0 saturated heterocycles. The highest BCUT2D eigenvalue weighted by Crippen LogP contribution is 2.27. The summed E-state index contributed by atoms with van der Waals surface area (Å²) < 4.78 is 19.6. The molecule has 100 valence electrons. The van der Waals surface area contributed by atoms with Crippen LogP contribution in [-0.4, -0.2) is 7.11 Å². The Kier molecular flexibility index (Phi) is 4.56. The predicted molar refractivity (Wildman–Crippen MR) is 77.7 cm³/mol. The Hall–Kier alpha value is -1.39. The number of hydrogen-bond acceptors (Lipinski definition) is 2. The van der Waals surface area contributed by atoms with Crippen molar-refractivity contribution < 1.29 is 9.13 Å². The summed E-state index contributed by atoms with van der Waals surface area (Å²) in [5, 5.41) is 0. The zero-order valence-corrected chi connectivity index (χ0v) is 12.2. The fourth-order valence-corrected chi connectivity index (χ4v) is 2.47. The zero-order chi connectivity index (χ0) is 13.8. The van der Waals surface area contributed by atoms with Crippen LogP contribution in [0.4, 0.5) is 4.39 Å². The fourth-order valence-electron chi connectivity index (χ4n) is 2.02. The first-order valence-electron chi connectivity index (χ1n) is 5.93. The second kappa shape index (κ2) is 6.17. The zero-order valence-electron chi connectivity index (χ0n) is 10.6. The van der Waals surface area contributed by atoms with Gasteiger partial charge in [-0.2, -0.15) is 0 Å². The predicted octanol–water partition coefficient (Wildman–Crippen LogP) is 3.84. The number of halogens is 2. The normalized spacial score (nSPS) is 12.2. The van der Waals surface area contributed by atoms with Crippen LogP contribution in [0.5, 0.6) is 5.75 Å². The summed E-state index contributed by atoms with van der Waals surface area (Å²) in [6.07, 6.45) is 0.624. The number of methoxy groups -OCH3 is 1. The summed E-state index contributed by atoms with van der Waals surface area (Å²) >= 11 is 3.42. The van der Waals surface area contributed by atoms with Gasteiger partial charge in [0, 0.05) is 16.1 Å². The summed E-state index contributed by atoms with van der Waals surface area (Å²) in [4.78, 5) is 0. The molecular weight excluding hydrogens is 309 g/mol. The molecule has 0 fully saturated rings. The Balaban J connectivity index is 2.24. The van der Waals surface area contributed by atoms with Crippen molar-refractivity contribution in [3.05, 3.63) is 63.9 Å². The van der Waals surface area contributed by atoms with Gasteiger partial charge in [-0.05, 0) is 42.3 Å². The Labute approximate surface area is 120 Å². The number of rotatable bonds is 4. The van der Waals surface area contributed by atoms with Crippen molar-refractivity contribution in [3.8, 4) is 5.75 Å². The number of ether oxygens (including phenoxy) is 1. The maximum atomic E-state index is 13.3. The van der Waals surface area contributed by atoms with Crippen LogP contribution in [-0.2, 0) is 6.42 Å². The van der Waals surface area contributed by atoms with E-state index >= 15 is 0 Å². The lowest BCUT2D eigenvalue weighted by atomic mass is 9.99. The van der Waals surface area contributed by atoms with Gasteiger partial charge in [0.15, 0.2) is 0 Å². The molecule has 4 heteroatoms. The lowest BCUT2D eigenvalue weighted by molar-refractivity contribution is 0.404. The molecule has 0 bridgehead atoms. The second-order valence-corrected chi connectivity index (χ2v) is 5.24. The van der Waals surface area contributed by atoms with E-state index in [1.165, 1.54) is 12.1 Å². The van der Waals surface area contributed by atoms with Crippen molar-refractivity contribution in [2.75, 3.05) is 7.11 Å². The average molecular weight is 324 g/mol. The van der Waals surface area contributed by atoms with E-state index in [1.807, 2.05) is 24.3 Å². The molecule has 2 N–H and O–H groups in total. The maximum absolute atomic E-state index is 13.3. The molecule has 0 spiro atoms. The molecule has 1 unspecified atom stereocenters. The van der Waals surface area contributed by atoms with E-state index in [0.29, 0.717) is 17.7 Å². The van der Waals surface area contributed by atoms with Gasteiger partial charge in [0.25, 0.3) is 0 Å². The van der Waals surface area contributed by atoms with Crippen molar-refractivity contribution >= 4 is 15.9 Å². The van der Waals surface area contributed by atoms with Crippen LogP contribution in [0.2, 0.25) is 0 Å². The first-order valence-corrected chi connectivity index (χ1v) is 6.73. The molecule has 0 heterocycles. The summed E-state index contributed by atoms with van der Waals surface area (Å²) in [5.74, 6) is 0.310. The lowest BCUT2D eigenvalue weighted by Gasteiger charge is -2.16. The standard InChI is InChI=1S/C15H15BrFNO/c1-19-15-6-5-12(17)9-13(15)14(18)8-10-3-2-4-11(16)7-10/h2-7,9,14H,8,18H2,1H3. The van der Waals surface area contributed by atoms with Crippen LogP contribution in [0.25, 0.3) is 0 Å². The van der Waals surface area contributed by atoms with Gasteiger partial charge in [-0.3, -0.25) is 0 Å². The molecule has 2 nitrogen and oxygen atoms in total. The molecule has 2 aromatic carbocycles. The van der Waals surface area contributed by atoms with Gasteiger partial charge in [-0.1, -0.05) is 28.1 Å². The highest BCUT2D eigenvalue weighted by atomic mass is 79.9. The summed E-state index contributed by atoms with van der Waals surface area (Å²) in [6.45, 7) is 0. The van der Waals surface area contributed by atoms with Gasteiger partial charge >= 0.3 is 0 Å². The number of benzene rings is 2. The smallest absolute Gasteiger partial charge is 0.123 e. The Morgan fingerprint density at radius 2 is 2.05 bits per heavy atom. The highest BCUT2D eigenvalue weighted by molar-refractivity contribution is 9.10. The van der Waals surface area contributed by atoms with Gasteiger partial charge in [-0.15, -0.1) is 0 Å². The van der Waals surface area contributed by atoms with E-state index in [2.05, 4.69) is 15.9 Å². The molecular formula is C15H15BrFNO. The molecule has 0 saturated carbocycles. The third kappa shape index (κ3) is 3.55. The summed E-state index contributed by atoms with van der Waals surface area (Å²) in [5.41, 5.74) is 7.93. The highest BCUT2D eigenvalue weighted by Gasteiger charge is 2.13. The minimum Gasteiger partial charge on any atom is -0.496 e. The molecule has 0 aliphatic carbocycles. The SMILES string of the molecule is COc1ccc(F)cc1C(N)Cc1cccc(Br)c1. The lowest BCUT2D eigenvalue weighted by Crippen LogP contribution is -2.14. The van der Waals surface area contributed by atoms with Crippen molar-refractivity contribution in [3.63, 3.8) is 0 Å². The van der Waals surface area contributed by atoms with Crippen molar-refractivity contribution in [1.29, 1.82) is 0 Å². The van der Waals surface area contributed by atoms with Gasteiger partial charge in [0.05, 0.1) is 7.11 Å². The number of hydrogen-bond donors (Lipinski definition) is 1. The topological polar surface area (TPSA) is 35.2 Å². The van der Waals surface area contributed by atoms with Crippen LogP contribution in [0.1, 0.15) is 17.2 Å². The largest absolute Gasteiger partial charge is 0.496 e. The first kappa shape index (κ1) is 14.0. The van der Waals surface area contributed by atoms with E-state index in [4.69, 9.17) is 10.5 Å². The van der Waals surface area contributed by atoms with E-state index < -0.39 is 0 Å². The molecule has 1 atom stereocenters. The average Bonchev–Trinajstić information content (AvgIpc) is 2.38. The first-order chi connectivity index (χ1) is 9.10. The Bertz CT molecular complexity index is 574. The third-order valence-corrected chi connectivity index (χ3v) is 3.43. The quantitative estimate of drug-likeness (QED) is 0.927. The Morgan fingerprint density at radius 1 is 1.26 bits per heavy atom. The minimum absolute atomic E-state index is 0.305. The Morgan fingerprint density at radius 3 is 2.74 bits per heavy atom. The van der Waals surface area contributed by atoms with E-state index in [0.717, 1.165) is 10.0 Å². The summed E-state index contributed by atoms with van der Waals surface area (Å²) in [6, 6.07) is 12.0. The van der Waals surface area contributed by atoms with Gasteiger partial charge in [0.2, 0.25) is 0 Å². The van der Waals surface area contributed by atoms with E-state index in [1.54, 1.807) is 13.2 Å². The number of nitrogens with two attached hydrogens (primary N) is 1. The van der Waals surface area contributed by atoms with Crippen molar-refractivity contribution in [1.82, 2.24) is 0 Å². The molecule has 0 aliphatic heterocycles. The van der Waals surface area contributed by atoms with Crippen LogP contribution in [0, 0.1) is 5.82 Å². The van der Waals surface area contributed by atoms with Crippen LogP contribution < -0.4 is 10.5 Å². The minimum atomic E-state index is -0.306. The molecule has 0 aromatic heterocycles. The molecule has 19 heavy (non-hydrogen) atoms. The molecule has 0 radical (unpaired) electrons. The van der Waals surface area contributed by atoms with Gasteiger partial charge < -0.3 is 10.5 Å². The second-order valence-electron chi connectivity index (χ2n) is 4.33. The van der Waals surface area contributed by atoms with Crippen molar-refractivity contribution in [2.45, 2.75) is 12.5 Å². The fraction of sp³-hybridized carbons (Fsp3) is 0.200. The van der Waals surface area contributed by atoms with Gasteiger partial charge in [-0.25, -0.2) is 4.39 Å². The van der Waals surface area contributed by atoms with E-state index in [9.17, 15) is 4.39 Å².